The van der Waals surface area contributed by atoms with Gasteiger partial charge >= 0.3 is 5.69 Å². The highest BCUT2D eigenvalue weighted by Crippen LogP contribution is 2.18. The lowest BCUT2D eigenvalue weighted by Crippen LogP contribution is -2.30. The molecule has 3 aromatic rings. The minimum absolute atomic E-state index is 0.0176. The fourth-order valence-electron chi connectivity index (χ4n) is 2.83. The fourth-order valence-corrected chi connectivity index (χ4v) is 2.83. The first-order valence-corrected chi connectivity index (χ1v) is 9.11. The second-order valence-corrected chi connectivity index (χ2v) is 6.94. The Balaban J connectivity index is 1.93. The lowest BCUT2D eigenvalue weighted by atomic mass is 10.2. The summed E-state index contributed by atoms with van der Waals surface area (Å²) in [5, 5.41) is 14.6. The van der Waals surface area contributed by atoms with E-state index in [9.17, 15) is 14.7 Å². The van der Waals surface area contributed by atoms with Crippen LogP contribution in [0.2, 0.25) is 0 Å². The zero-order valence-electron chi connectivity index (χ0n) is 16.8. The third-order valence-electron chi connectivity index (χ3n) is 4.30. The van der Waals surface area contributed by atoms with Gasteiger partial charge in [-0.15, -0.1) is 0 Å². The van der Waals surface area contributed by atoms with Gasteiger partial charge in [-0.3, -0.25) is 14.3 Å². The number of imidazole rings is 1. The lowest BCUT2D eigenvalue weighted by molar-refractivity contribution is 0.0935. The van der Waals surface area contributed by atoms with E-state index in [1.165, 1.54) is 16.2 Å². The van der Waals surface area contributed by atoms with E-state index in [1.807, 2.05) is 31.2 Å². The predicted octanol–water partition coefficient (Wildman–Crippen LogP) is 0.979. The van der Waals surface area contributed by atoms with Crippen LogP contribution in [0.15, 0.2) is 39.0 Å². The quantitative estimate of drug-likeness (QED) is 0.401. The number of H-pyrrole nitrogens is 1. The van der Waals surface area contributed by atoms with E-state index in [-0.39, 0.29) is 30.3 Å². The molecule has 1 aromatic carbocycles. The van der Waals surface area contributed by atoms with Crippen LogP contribution in [-0.4, -0.2) is 42.6 Å². The molecule has 2 aromatic heterocycles. The molecule has 3 N–H and O–H groups in total. The molecular weight excluding hydrogens is 376 g/mol. The summed E-state index contributed by atoms with van der Waals surface area (Å²) in [4.78, 5) is 30.9. The van der Waals surface area contributed by atoms with E-state index in [0.717, 1.165) is 11.3 Å². The number of aromatic amines is 1. The van der Waals surface area contributed by atoms with Gasteiger partial charge in [0.1, 0.15) is 18.5 Å². The molecule has 3 rings (SSSR count). The van der Waals surface area contributed by atoms with E-state index in [4.69, 9.17) is 4.74 Å². The average molecular weight is 400 g/mol. The standard InChI is InChI=1S/C19H24N6O4/c1-11(2)22-23-18-20-16-15(17(27)21-19(28)24(16)4)25(18)9-13(26)10-29-14-8-6-5-7-12(14)3/h5-8,13,26H,9-10H2,1-4H3,(H,20,23)(H,21,27,28). The number of fused-ring (bicyclic) bond motifs is 1. The van der Waals surface area contributed by atoms with E-state index < -0.39 is 17.4 Å². The number of aromatic nitrogens is 4. The number of ether oxygens (including phenoxy) is 1. The maximum Gasteiger partial charge on any atom is 0.329 e. The van der Waals surface area contributed by atoms with Gasteiger partial charge in [-0.05, 0) is 32.4 Å². The number of para-hydroxylation sites is 1. The van der Waals surface area contributed by atoms with E-state index in [0.29, 0.717) is 5.75 Å². The summed E-state index contributed by atoms with van der Waals surface area (Å²) in [5.41, 5.74) is 3.67. The smallest absolute Gasteiger partial charge is 0.329 e. The van der Waals surface area contributed by atoms with Crippen molar-refractivity contribution >= 4 is 22.8 Å². The summed E-state index contributed by atoms with van der Waals surface area (Å²) in [6, 6.07) is 7.49. The first kappa shape index (κ1) is 20.3. The molecule has 1 unspecified atom stereocenters. The number of rotatable bonds is 7. The SMILES string of the molecule is CC(C)=NNc1nc2c(c(=O)[nH]c(=O)n2C)n1CC(O)COc1ccccc1C. The van der Waals surface area contributed by atoms with E-state index >= 15 is 0 Å². The number of hydrogen-bond donors (Lipinski definition) is 3. The Hall–Kier alpha value is -3.40. The molecule has 2 heterocycles. The number of nitrogens with one attached hydrogen (secondary N) is 2. The second kappa shape index (κ2) is 8.31. The van der Waals surface area contributed by atoms with E-state index in [2.05, 4.69) is 20.5 Å². The van der Waals surface area contributed by atoms with Crippen molar-refractivity contribution in [2.75, 3.05) is 12.0 Å². The van der Waals surface area contributed by atoms with Crippen molar-refractivity contribution in [3.8, 4) is 5.75 Å². The Kier molecular flexibility index (Phi) is 5.83. The summed E-state index contributed by atoms with van der Waals surface area (Å²) < 4.78 is 8.42. The highest BCUT2D eigenvalue weighted by Gasteiger charge is 2.20. The molecule has 0 spiro atoms. The number of benzene rings is 1. The van der Waals surface area contributed by atoms with Gasteiger partial charge in [0, 0.05) is 12.8 Å². The monoisotopic (exact) mass is 400 g/mol. The van der Waals surface area contributed by atoms with Gasteiger partial charge in [-0.25, -0.2) is 10.2 Å². The largest absolute Gasteiger partial charge is 0.491 e. The van der Waals surface area contributed by atoms with Crippen LogP contribution in [0.4, 0.5) is 5.95 Å². The van der Waals surface area contributed by atoms with Crippen molar-refractivity contribution in [2.45, 2.75) is 33.4 Å². The van der Waals surface area contributed by atoms with Crippen molar-refractivity contribution in [2.24, 2.45) is 12.1 Å². The summed E-state index contributed by atoms with van der Waals surface area (Å²) in [7, 11) is 1.51. The van der Waals surface area contributed by atoms with Gasteiger partial charge < -0.3 is 14.4 Å². The number of hydrazone groups is 1. The van der Waals surface area contributed by atoms with Crippen molar-refractivity contribution in [3.63, 3.8) is 0 Å². The molecule has 1 atom stereocenters. The maximum absolute atomic E-state index is 12.4. The Morgan fingerprint density at radius 3 is 2.76 bits per heavy atom. The van der Waals surface area contributed by atoms with Crippen molar-refractivity contribution in [1.29, 1.82) is 0 Å². The van der Waals surface area contributed by atoms with Crippen molar-refractivity contribution < 1.29 is 9.84 Å². The molecule has 0 bridgehead atoms. The molecule has 0 saturated carbocycles. The molecule has 0 fully saturated rings. The normalized spacial score (nSPS) is 12.0. The molecule has 0 aliphatic carbocycles. The first-order chi connectivity index (χ1) is 13.8. The van der Waals surface area contributed by atoms with Gasteiger partial charge in [-0.2, -0.15) is 10.1 Å². The highest BCUT2D eigenvalue weighted by molar-refractivity contribution is 5.80. The minimum Gasteiger partial charge on any atom is -0.491 e. The van der Waals surface area contributed by atoms with Crippen molar-refractivity contribution in [3.05, 3.63) is 50.7 Å². The van der Waals surface area contributed by atoms with Crippen LogP contribution in [0.25, 0.3) is 11.2 Å². The van der Waals surface area contributed by atoms with Gasteiger partial charge in [0.2, 0.25) is 5.95 Å². The number of hydrogen-bond acceptors (Lipinski definition) is 7. The molecular formula is C19H24N6O4. The molecule has 154 valence electrons. The third-order valence-corrected chi connectivity index (χ3v) is 4.30. The molecule has 0 aliphatic heterocycles. The molecule has 0 saturated heterocycles. The van der Waals surface area contributed by atoms with Crippen molar-refractivity contribution in [1.82, 2.24) is 19.1 Å². The number of aryl methyl sites for hydroxylation is 2. The fraction of sp³-hybridized carbons (Fsp3) is 0.368. The van der Waals surface area contributed by atoms with Crippen LogP contribution in [-0.2, 0) is 13.6 Å². The summed E-state index contributed by atoms with van der Waals surface area (Å²) in [5.74, 6) is 0.912. The van der Waals surface area contributed by atoms with E-state index in [1.54, 1.807) is 13.8 Å². The van der Waals surface area contributed by atoms with Crippen LogP contribution in [0.3, 0.4) is 0 Å². The minimum atomic E-state index is -0.934. The topological polar surface area (TPSA) is 127 Å². The van der Waals surface area contributed by atoms with Crippen LogP contribution in [0, 0.1) is 6.92 Å². The van der Waals surface area contributed by atoms with Gasteiger partial charge in [0.15, 0.2) is 11.2 Å². The van der Waals surface area contributed by atoms with Crippen LogP contribution >= 0.6 is 0 Å². The van der Waals surface area contributed by atoms with Gasteiger partial charge in [0.25, 0.3) is 5.56 Å². The van der Waals surface area contributed by atoms with Crippen LogP contribution < -0.4 is 21.4 Å². The Morgan fingerprint density at radius 1 is 1.34 bits per heavy atom. The first-order valence-electron chi connectivity index (χ1n) is 9.11. The highest BCUT2D eigenvalue weighted by atomic mass is 16.5. The number of aliphatic hydroxyl groups excluding tert-OH is 1. The Labute approximate surface area is 166 Å². The second-order valence-electron chi connectivity index (χ2n) is 6.94. The Morgan fingerprint density at radius 2 is 2.07 bits per heavy atom. The lowest BCUT2D eigenvalue weighted by Gasteiger charge is -2.16. The summed E-state index contributed by atoms with van der Waals surface area (Å²) in [6.45, 7) is 5.55. The van der Waals surface area contributed by atoms with Crippen LogP contribution in [0.5, 0.6) is 5.75 Å². The molecule has 0 amide bonds. The molecule has 0 radical (unpaired) electrons. The summed E-state index contributed by atoms with van der Waals surface area (Å²) >= 11 is 0. The zero-order valence-corrected chi connectivity index (χ0v) is 16.8. The number of aliphatic hydroxyl groups is 1. The molecule has 0 aliphatic rings. The van der Waals surface area contributed by atoms with Crippen LogP contribution in [0.1, 0.15) is 19.4 Å². The summed E-state index contributed by atoms with van der Waals surface area (Å²) in [6.07, 6.45) is -0.934. The predicted molar refractivity (Wildman–Crippen MR) is 111 cm³/mol. The number of anilines is 1. The van der Waals surface area contributed by atoms with Gasteiger partial charge in [-0.1, -0.05) is 18.2 Å². The van der Waals surface area contributed by atoms with Gasteiger partial charge in [0.05, 0.1) is 6.54 Å². The molecule has 10 heteroatoms. The Bertz CT molecular complexity index is 1170. The molecule has 10 nitrogen and oxygen atoms in total. The number of nitrogens with zero attached hydrogens (tertiary/aromatic N) is 4. The average Bonchev–Trinajstić information content (AvgIpc) is 3.03. The maximum atomic E-state index is 12.4. The third kappa shape index (κ3) is 4.37. The molecule has 29 heavy (non-hydrogen) atoms. The zero-order chi connectivity index (χ0) is 21.1.